The Balaban J connectivity index is 1.90. The summed E-state index contributed by atoms with van der Waals surface area (Å²) in [6, 6.07) is 8.57. The third-order valence-electron chi connectivity index (χ3n) is 3.40. The highest BCUT2D eigenvalue weighted by atomic mass is 16.2. The number of urea groups is 1. The quantitative estimate of drug-likeness (QED) is 0.637. The standard InChI is InChI=1S/C14H18N4O3/c1-14(15,10-5-3-2-4-6-10)12(20)16-7-8-18-11(19)9-17-13(18)21/h2-6H,7-9,15H2,1H3,(H,16,20)(H,17,21). The second-order valence-corrected chi connectivity index (χ2v) is 5.03. The van der Waals surface area contributed by atoms with Gasteiger partial charge in [0, 0.05) is 13.1 Å². The van der Waals surface area contributed by atoms with E-state index < -0.39 is 11.6 Å². The van der Waals surface area contributed by atoms with Crippen molar-refractivity contribution >= 4 is 17.8 Å². The highest BCUT2D eigenvalue weighted by molar-refractivity contribution is 6.02. The van der Waals surface area contributed by atoms with Gasteiger partial charge < -0.3 is 16.4 Å². The Morgan fingerprint density at radius 2 is 2.05 bits per heavy atom. The van der Waals surface area contributed by atoms with Crippen molar-refractivity contribution in [3.05, 3.63) is 35.9 Å². The third-order valence-corrected chi connectivity index (χ3v) is 3.40. The van der Waals surface area contributed by atoms with Gasteiger partial charge in [-0.2, -0.15) is 0 Å². The normalized spacial score (nSPS) is 17.3. The van der Waals surface area contributed by atoms with E-state index in [-0.39, 0.29) is 31.4 Å². The average Bonchev–Trinajstić information content (AvgIpc) is 2.79. The molecule has 0 spiro atoms. The molecule has 1 unspecified atom stereocenters. The van der Waals surface area contributed by atoms with Crippen molar-refractivity contribution in [2.24, 2.45) is 5.73 Å². The summed E-state index contributed by atoms with van der Waals surface area (Å²) in [5.74, 6) is -0.659. The molecule has 4 N–H and O–H groups in total. The maximum absolute atomic E-state index is 12.2. The molecular formula is C14H18N4O3. The topological polar surface area (TPSA) is 105 Å². The number of carbonyl (C=O) groups is 3. The summed E-state index contributed by atoms with van der Waals surface area (Å²) in [5, 5.41) is 5.07. The summed E-state index contributed by atoms with van der Waals surface area (Å²) in [6.07, 6.45) is 0. The monoisotopic (exact) mass is 290 g/mol. The van der Waals surface area contributed by atoms with Crippen LogP contribution in [0.3, 0.4) is 0 Å². The molecule has 1 saturated heterocycles. The Hall–Kier alpha value is -2.41. The molecule has 112 valence electrons. The van der Waals surface area contributed by atoms with Gasteiger partial charge in [0.15, 0.2) is 0 Å². The maximum atomic E-state index is 12.2. The molecule has 7 nitrogen and oxygen atoms in total. The van der Waals surface area contributed by atoms with Gasteiger partial charge in [-0.15, -0.1) is 0 Å². The summed E-state index contributed by atoms with van der Waals surface area (Å²) in [6.45, 7) is 1.91. The second-order valence-electron chi connectivity index (χ2n) is 5.03. The van der Waals surface area contributed by atoms with Gasteiger partial charge in [0.25, 0.3) is 0 Å². The van der Waals surface area contributed by atoms with Crippen molar-refractivity contribution in [3.8, 4) is 0 Å². The van der Waals surface area contributed by atoms with Crippen LogP contribution in [-0.4, -0.2) is 42.4 Å². The zero-order valence-electron chi connectivity index (χ0n) is 11.8. The Morgan fingerprint density at radius 3 is 2.62 bits per heavy atom. The molecule has 1 aromatic rings. The lowest BCUT2D eigenvalue weighted by Gasteiger charge is -2.24. The number of carbonyl (C=O) groups excluding carboxylic acids is 3. The first-order chi connectivity index (χ1) is 9.93. The van der Waals surface area contributed by atoms with Crippen LogP contribution in [0.5, 0.6) is 0 Å². The zero-order chi connectivity index (χ0) is 15.5. The largest absolute Gasteiger partial charge is 0.352 e. The molecule has 1 aromatic carbocycles. The van der Waals surface area contributed by atoms with E-state index in [0.29, 0.717) is 5.56 Å². The van der Waals surface area contributed by atoms with Crippen molar-refractivity contribution in [2.45, 2.75) is 12.5 Å². The van der Waals surface area contributed by atoms with E-state index in [1.165, 1.54) is 0 Å². The first-order valence-corrected chi connectivity index (χ1v) is 6.64. The fraction of sp³-hybridized carbons (Fsp3) is 0.357. The van der Waals surface area contributed by atoms with E-state index in [4.69, 9.17) is 5.73 Å². The van der Waals surface area contributed by atoms with Crippen molar-refractivity contribution in [1.29, 1.82) is 0 Å². The summed E-state index contributed by atoms with van der Waals surface area (Å²) >= 11 is 0. The number of nitrogens with one attached hydrogen (secondary N) is 2. The van der Waals surface area contributed by atoms with E-state index in [9.17, 15) is 14.4 Å². The van der Waals surface area contributed by atoms with Crippen LogP contribution in [-0.2, 0) is 15.1 Å². The van der Waals surface area contributed by atoms with Crippen LogP contribution in [0.1, 0.15) is 12.5 Å². The summed E-state index contributed by atoms with van der Waals surface area (Å²) in [4.78, 5) is 35.9. The Bertz CT molecular complexity index is 541. The highest BCUT2D eigenvalue weighted by Crippen LogP contribution is 2.17. The van der Waals surface area contributed by atoms with Crippen molar-refractivity contribution in [2.75, 3.05) is 19.6 Å². The van der Waals surface area contributed by atoms with E-state index in [2.05, 4.69) is 10.6 Å². The number of nitrogens with zero attached hydrogens (tertiary/aromatic N) is 1. The SMILES string of the molecule is CC(N)(C(=O)NCCN1C(=O)CNC1=O)c1ccccc1. The van der Waals surface area contributed by atoms with Crippen LogP contribution in [0, 0.1) is 0 Å². The fourth-order valence-electron chi connectivity index (χ4n) is 2.06. The minimum atomic E-state index is -1.17. The molecule has 0 saturated carbocycles. The van der Waals surface area contributed by atoms with Crippen LogP contribution in [0.4, 0.5) is 4.79 Å². The molecule has 1 aliphatic rings. The molecule has 7 heteroatoms. The van der Waals surface area contributed by atoms with E-state index >= 15 is 0 Å². The van der Waals surface area contributed by atoms with Crippen LogP contribution < -0.4 is 16.4 Å². The van der Waals surface area contributed by atoms with E-state index in [1.54, 1.807) is 31.2 Å². The lowest BCUT2D eigenvalue weighted by Crippen LogP contribution is -2.50. The third kappa shape index (κ3) is 3.19. The Morgan fingerprint density at radius 1 is 1.38 bits per heavy atom. The Labute approximate surface area is 122 Å². The molecule has 1 heterocycles. The van der Waals surface area contributed by atoms with Gasteiger partial charge in [-0.1, -0.05) is 30.3 Å². The number of nitrogens with two attached hydrogens (primary N) is 1. The first-order valence-electron chi connectivity index (χ1n) is 6.64. The molecule has 0 aromatic heterocycles. The van der Waals surface area contributed by atoms with Crippen molar-refractivity contribution in [1.82, 2.24) is 15.5 Å². The van der Waals surface area contributed by atoms with Crippen molar-refractivity contribution < 1.29 is 14.4 Å². The van der Waals surface area contributed by atoms with E-state index in [0.717, 1.165) is 4.90 Å². The number of amides is 4. The maximum Gasteiger partial charge on any atom is 0.324 e. The molecule has 0 aliphatic carbocycles. The van der Waals surface area contributed by atoms with Gasteiger partial charge in [-0.05, 0) is 12.5 Å². The number of imide groups is 1. The molecule has 1 atom stereocenters. The minimum absolute atomic E-state index is 0.00536. The molecule has 4 amide bonds. The molecule has 2 rings (SSSR count). The summed E-state index contributed by atoms with van der Waals surface area (Å²) in [7, 11) is 0. The van der Waals surface area contributed by atoms with Crippen LogP contribution in [0.15, 0.2) is 30.3 Å². The predicted octanol–water partition coefficient (Wildman–Crippen LogP) is -0.471. The minimum Gasteiger partial charge on any atom is -0.352 e. The number of rotatable bonds is 5. The average molecular weight is 290 g/mol. The fourth-order valence-corrected chi connectivity index (χ4v) is 2.06. The number of hydrogen-bond acceptors (Lipinski definition) is 4. The molecule has 21 heavy (non-hydrogen) atoms. The summed E-state index contributed by atoms with van der Waals surface area (Å²) < 4.78 is 0. The smallest absolute Gasteiger partial charge is 0.324 e. The van der Waals surface area contributed by atoms with Crippen LogP contribution in [0.25, 0.3) is 0 Å². The van der Waals surface area contributed by atoms with Gasteiger partial charge >= 0.3 is 6.03 Å². The van der Waals surface area contributed by atoms with Crippen LogP contribution >= 0.6 is 0 Å². The summed E-state index contributed by atoms with van der Waals surface area (Å²) in [5.41, 5.74) is 5.58. The molecular weight excluding hydrogens is 272 g/mol. The molecule has 1 aliphatic heterocycles. The zero-order valence-corrected chi connectivity index (χ0v) is 11.8. The lowest BCUT2D eigenvalue weighted by atomic mass is 9.92. The second kappa shape index (κ2) is 5.92. The number of hydrogen-bond donors (Lipinski definition) is 3. The van der Waals surface area contributed by atoms with Gasteiger partial charge in [-0.3, -0.25) is 14.5 Å². The van der Waals surface area contributed by atoms with Crippen molar-refractivity contribution in [3.63, 3.8) is 0 Å². The molecule has 0 radical (unpaired) electrons. The first kappa shape index (κ1) is 15.0. The lowest BCUT2D eigenvalue weighted by molar-refractivity contribution is -0.127. The number of benzene rings is 1. The molecule has 1 fully saturated rings. The highest BCUT2D eigenvalue weighted by Gasteiger charge is 2.31. The van der Waals surface area contributed by atoms with E-state index in [1.807, 2.05) is 6.07 Å². The van der Waals surface area contributed by atoms with Crippen LogP contribution in [0.2, 0.25) is 0 Å². The predicted molar refractivity (Wildman–Crippen MR) is 76.1 cm³/mol. The van der Waals surface area contributed by atoms with Gasteiger partial charge in [0.1, 0.15) is 5.54 Å². The van der Waals surface area contributed by atoms with Gasteiger partial charge in [0.05, 0.1) is 6.54 Å². The molecule has 0 bridgehead atoms. The van der Waals surface area contributed by atoms with Gasteiger partial charge in [-0.25, -0.2) is 4.79 Å². The van der Waals surface area contributed by atoms with Gasteiger partial charge in [0.2, 0.25) is 11.8 Å². The Kier molecular flexibility index (Phi) is 4.23.